The van der Waals surface area contributed by atoms with Crippen molar-refractivity contribution >= 4 is 5.97 Å². The van der Waals surface area contributed by atoms with E-state index in [1.807, 2.05) is 0 Å². The predicted octanol–water partition coefficient (Wildman–Crippen LogP) is 3.22. The Morgan fingerprint density at radius 3 is 2.35 bits per heavy atom. The SMILES string of the molecule is C=C(C)C(=O)OC1(CCC)C2CC3CC(C2)CC1(O)C3. The Morgan fingerprint density at radius 1 is 1.30 bits per heavy atom. The van der Waals surface area contributed by atoms with Gasteiger partial charge in [0.05, 0.1) is 0 Å². The molecule has 4 fully saturated rings. The summed E-state index contributed by atoms with van der Waals surface area (Å²) in [5.74, 6) is 1.26. The molecule has 4 saturated carbocycles. The molecule has 3 nitrogen and oxygen atoms in total. The van der Waals surface area contributed by atoms with Crippen molar-refractivity contribution in [1.29, 1.82) is 0 Å². The second-order valence-electron chi connectivity index (χ2n) is 7.39. The number of aliphatic hydroxyl groups is 1. The molecule has 0 aromatic heterocycles. The topological polar surface area (TPSA) is 46.5 Å². The molecule has 4 bridgehead atoms. The first-order chi connectivity index (χ1) is 9.40. The van der Waals surface area contributed by atoms with Crippen molar-refractivity contribution in [3.63, 3.8) is 0 Å². The lowest BCUT2D eigenvalue weighted by Gasteiger charge is -2.64. The molecular formula is C17H26O3. The fourth-order valence-electron chi connectivity index (χ4n) is 5.33. The van der Waals surface area contributed by atoms with E-state index in [4.69, 9.17) is 4.74 Å². The third kappa shape index (κ3) is 1.86. The van der Waals surface area contributed by atoms with Crippen LogP contribution in [0.25, 0.3) is 0 Å². The van der Waals surface area contributed by atoms with Crippen molar-refractivity contribution < 1.29 is 14.6 Å². The van der Waals surface area contributed by atoms with Gasteiger partial charge in [0.15, 0.2) is 0 Å². The van der Waals surface area contributed by atoms with Gasteiger partial charge in [-0.05, 0) is 57.3 Å². The summed E-state index contributed by atoms with van der Waals surface area (Å²) in [6.07, 6.45) is 6.80. The van der Waals surface area contributed by atoms with E-state index >= 15 is 0 Å². The molecule has 0 aromatic carbocycles. The van der Waals surface area contributed by atoms with Crippen molar-refractivity contribution in [2.45, 2.75) is 70.0 Å². The van der Waals surface area contributed by atoms with Crippen LogP contribution in [0.2, 0.25) is 0 Å². The maximum Gasteiger partial charge on any atom is 0.333 e. The largest absolute Gasteiger partial charge is 0.452 e. The molecule has 0 amide bonds. The van der Waals surface area contributed by atoms with Crippen LogP contribution in [-0.2, 0) is 9.53 Å². The van der Waals surface area contributed by atoms with Gasteiger partial charge in [0, 0.05) is 11.5 Å². The number of hydrogen-bond acceptors (Lipinski definition) is 3. The van der Waals surface area contributed by atoms with Crippen molar-refractivity contribution in [3.05, 3.63) is 12.2 Å². The van der Waals surface area contributed by atoms with Crippen molar-refractivity contribution in [1.82, 2.24) is 0 Å². The minimum atomic E-state index is -0.803. The Balaban J connectivity index is 1.96. The second-order valence-corrected chi connectivity index (χ2v) is 7.39. The van der Waals surface area contributed by atoms with Crippen LogP contribution in [-0.4, -0.2) is 22.3 Å². The van der Waals surface area contributed by atoms with Gasteiger partial charge >= 0.3 is 5.97 Å². The molecule has 4 aliphatic rings. The van der Waals surface area contributed by atoms with Crippen molar-refractivity contribution in [3.8, 4) is 0 Å². The summed E-state index contributed by atoms with van der Waals surface area (Å²) in [6.45, 7) is 7.48. The third-order valence-electron chi connectivity index (χ3n) is 5.85. The molecule has 4 aliphatic carbocycles. The summed E-state index contributed by atoms with van der Waals surface area (Å²) in [6, 6.07) is 0. The van der Waals surface area contributed by atoms with Crippen LogP contribution >= 0.6 is 0 Å². The number of ether oxygens (including phenoxy) is 1. The molecule has 0 spiro atoms. The number of carbonyl (C=O) groups is 1. The van der Waals surface area contributed by atoms with Gasteiger partial charge in [-0.3, -0.25) is 0 Å². The average Bonchev–Trinajstić information content (AvgIpc) is 2.34. The van der Waals surface area contributed by atoms with Crippen molar-refractivity contribution in [2.24, 2.45) is 17.8 Å². The minimum Gasteiger partial charge on any atom is -0.452 e. The lowest BCUT2D eigenvalue weighted by molar-refractivity contribution is -0.277. The Kier molecular flexibility index (Phi) is 3.24. The third-order valence-corrected chi connectivity index (χ3v) is 5.85. The van der Waals surface area contributed by atoms with Crippen LogP contribution in [0.1, 0.15) is 58.8 Å². The predicted molar refractivity (Wildman–Crippen MR) is 77.0 cm³/mol. The molecule has 3 unspecified atom stereocenters. The molecule has 4 rings (SSSR count). The zero-order valence-corrected chi connectivity index (χ0v) is 12.7. The maximum atomic E-state index is 12.1. The van der Waals surface area contributed by atoms with E-state index in [1.165, 1.54) is 6.42 Å². The standard InChI is InChI=1S/C17H26O3/c1-4-5-17(20-15(18)11(2)3)14-7-12-6-13(8-14)10-16(17,19)9-12/h12-14,19H,2,4-10H2,1,3H3. The van der Waals surface area contributed by atoms with Gasteiger partial charge in [0.2, 0.25) is 0 Å². The Hall–Kier alpha value is -0.830. The number of carbonyl (C=O) groups excluding carboxylic acids is 1. The molecular weight excluding hydrogens is 252 g/mol. The molecule has 20 heavy (non-hydrogen) atoms. The van der Waals surface area contributed by atoms with Gasteiger partial charge in [-0.2, -0.15) is 0 Å². The minimum absolute atomic E-state index is 0.334. The highest BCUT2D eigenvalue weighted by atomic mass is 16.6. The van der Waals surface area contributed by atoms with Gasteiger partial charge in [0.25, 0.3) is 0 Å². The molecule has 0 saturated heterocycles. The van der Waals surface area contributed by atoms with E-state index in [1.54, 1.807) is 6.92 Å². The van der Waals surface area contributed by atoms with E-state index in [-0.39, 0.29) is 5.97 Å². The molecule has 0 heterocycles. The Bertz CT molecular complexity index is 428. The van der Waals surface area contributed by atoms with Gasteiger partial charge < -0.3 is 9.84 Å². The highest BCUT2D eigenvalue weighted by Gasteiger charge is 2.66. The van der Waals surface area contributed by atoms with Crippen LogP contribution in [0.3, 0.4) is 0 Å². The number of rotatable bonds is 4. The zero-order chi connectivity index (χ0) is 14.5. The van der Waals surface area contributed by atoms with E-state index < -0.39 is 11.2 Å². The molecule has 3 atom stereocenters. The quantitative estimate of drug-likeness (QED) is 0.634. The van der Waals surface area contributed by atoms with E-state index in [0.29, 0.717) is 23.3 Å². The van der Waals surface area contributed by atoms with Crippen molar-refractivity contribution in [2.75, 3.05) is 0 Å². The molecule has 0 aliphatic heterocycles. The lowest BCUT2D eigenvalue weighted by atomic mass is 9.47. The van der Waals surface area contributed by atoms with Gasteiger partial charge in [-0.25, -0.2) is 4.79 Å². The number of hydrogen-bond donors (Lipinski definition) is 1. The number of esters is 1. The van der Waals surface area contributed by atoms with E-state index in [2.05, 4.69) is 13.5 Å². The Morgan fingerprint density at radius 2 is 1.90 bits per heavy atom. The first kappa shape index (κ1) is 14.1. The van der Waals surface area contributed by atoms with Crippen LogP contribution in [0, 0.1) is 17.8 Å². The molecule has 0 aromatic rings. The Labute approximate surface area is 121 Å². The van der Waals surface area contributed by atoms with E-state index in [0.717, 1.165) is 38.5 Å². The van der Waals surface area contributed by atoms with Crippen LogP contribution in [0.5, 0.6) is 0 Å². The normalized spacial score (nSPS) is 45.5. The van der Waals surface area contributed by atoms with Gasteiger partial charge in [0.1, 0.15) is 11.2 Å². The molecule has 0 radical (unpaired) electrons. The molecule has 3 heteroatoms. The van der Waals surface area contributed by atoms with Gasteiger partial charge in [-0.15, -0.1) is 0 Å². The fraction of sp³-hybridized carbons (Fsp3) is 0.824. The monoisotopic (exact) mass is 278 g/mol. The van der Waals surface area contributed by atoms with Crippen LogP contribution in [0.4, 0.5) is 0 Å². The fourth-order valence-corrected chi connectivity index (χ4v) is 5.33. The van der Waals surface area contributed by atoms with Crippen LogP contribution < -0.4 is 0 Å². The lowest BCUT2D eigenvalue weighted by Crippen LogP contribution is -2.70. The summed E-state index contributed by atoms with van der Waals surface area (Å²) in [5.41, 5.74) is -1.04. The summed E-state index contributed by atoms with van der Waals surface area (Å²) in [7, 11) is 0. The molecule has 112 valence electrons. The highest BCUT2D eigenvalue weighted by Crippen LogP contribution is 2.62. The van der Waals surface area contributed by atoms with Gasteiger partial charge in [-0.1, -0.05) is 19.9 Å². The second kappa shape index (κ2) is 4.59. The summed E-state index contributed by atoms with van der Waals surface area (Å²) >= 11 is 0. The summed E-state index contributed by atoms with van der Waals surface area (Å²) < 4.78 is 5.93. The first-order valence-electron chi connectivity index (χ1n) is 8.01. The smallest absolute Gasteiger partial charge is 0.333 e. The average molecular weight is 278 g/mol. The first-order valence-corrected chi connectivity index (χ1v) is 8.01. The van der Waals surface area contributed by atoms with Crippen LogP contribution in [0.15, 0.2) is 12.2 Å². The summed E-state index contributed by atoms with van der Waals surface area (Å²) in [5, 5.41) is 11.3. The maximum absolute atomic E-state index is 12.1. The highest BCUT2D eigenvalue weighted by molar-refractivity contribution is 5.87. The zero-order valence-electron chi connectivity index (χ0n) is 12.7. The molecule has 1 N–H and O–H groups in total. The summed E-state index contributed by atoms with van der Waals surface area (Å²) in [4.78, 5) is 12.1. The van der Waals surface area contributed by atoms with E-state index in [9.17, 15) is 9.90 Å².